The first-order valence-corrected chi connectivity index (χ1v) is 8.78. The van der Waals surface area contributed by atoms with Crippen LogP contribution in [0.5, 0.6) is 0 Å². The first kappa shape index (κ1) is 16.0. The molecule has 0 aromatic heterocycles. The summed E-state index contributed by atoms with van der Waals surface area (Å²) in [5.41, 5.74) is 4.72. The molecule has 2 aliphatic rings. The van der Waals surface area contributed by atoms with E-state index in [0.717, 1.165) is 48.3 Å². The molecule has 3 amide bonds. The summed E-state index contributed by atoms with van der Waals surface area (Å²) in [4.78, 5) is 26.3. The summed E-state index contributed by atoms with van der Waals surface area (Å²) in [5.74, 6) is 0.202. The van der Waals surface area contributed by atoms with Crippen LogP contribution >= 0.6 is 11.6 Å². The monoisotopic (exact) mass is 355 g/mol. The Labute approximate surface area is 151 Å². The number of nitrogens with zero attached hydrogens (tertiary/aromatic N) is 1. The molecule has 0 spiro atoms. The summed E-state index contributed by atoms with van der Waals surface area (Å²) in [6, 6.07) is 10.7. The Morgan fingerprint density at radius 3 is 2.56 bits per heavy atom. The van der Waals surface area contributed by atoms with Crippen LogP contribution < -0.4 is 15.5 Å². The molecule has 2 aromatic carbocycles. The molecule has 0 fully saturated rings. The van der Waals surface area contributed by atoms with E-state index in [1.54, 1.807) is 24.3 Å². The van der Waals surface area contributed by atoms with Gasteiger partial charge in [0.25, 0.3) is 0 Å². The number of nitrogens with one attached hydrogen (secondary N) is 2. The smallest absolute Gasteiger partial charge is 0.312 e. The van der Waals surface area contributed by atoms with E-state index in [0.29, 0.717) is 17.1 Å². The molecular formula is C19H18ClN3O2. The standard InChI is InChI=1S/C19H18ClN3O2/c20-14-4-1-5-15(11-14)21-19(25)22-16-9-12-3-2-8-23-17(24)7-6-13(10-16)18(12)23/h1,4-5,9-11H,2-3,6-8H2,(H2,21,22,25). The number of urea groups is 1. The Balaban J connectivity index is 1.56. The minimum atomic E-state index is -0.311. The van der Waals surface area contributed by atoms with Crippen LogP contribution in [-0.4, -0.2) is 18.5 Å². The van der Waals surface area contributed by atoms with Gasteiger partial charge in [0.1, 0.15) is 0 Å². The van der Waals surface area contributed by atoms with Crippen molar-refractivity contribution in [3.05, 3.63) is 52.5 Å². The SMILES string of the molecule is O=C(Nc1cccc(Cl)c1)Nc1cc2c3c(c1)CCC(=O)N3CCC2. The lowest BCUT2D eigenvalue weighted by Gasteiger charge is -2.35. The molecule has 6 heteroatoms. The molecule has 128 valence electrons. The first-order valence-electron chi connectivity index (χ1n) is 8.40. The maximum absolute atomic E-state index is 12.3. The van der Waals surface area contributed by atoms with Gasteiger partial charge in [-0.1, -0.05) is 17.7 Å². The summed E-state index contributed by atoms with van der Waals surface area (Å²) in [6.45, 7) is 0.793. The van der Waals surface area contributed by atoms with Crippen LogP contribution in [-0.2, 0) is 17.6 Å². The van der Waals surface area contributed by atoms with Crippen LogP contribution in [0.1, 0.15) is 24.0 Å². The van der Waals surface area contributed by atoms with Crippen LogP contribution in [0.15, 0.2) is 36.4 Å². The molecule has 0 unspecified atom stereocenters. The van der Waals surface area contributed by atoms with Crippen LogP contribution in [0.25, 0.3) is 0 Å². The Kier molecular flexibility index (Phi) is 4.09. The van der Waals surface area contributed by atoms with Gasteiger partial charge in [0.05, 0.1) is 5.69 Å². The fourth-order valence-corrected chi connectivity index (χ4v) is 3.78. The van der Waals surface area contributed by atoms with Gasteiger partial charge in [-0.2, -0.15) is 0 Å². The Morgan fingerprint density at radius 2 is 1.76 bits per heavy atom. The molecule has 0 radical (unpaired) electrons. The zero-order chi connectivity index (χ0) is 17.4. The molecule has 5 nitrogen and oxygen atoms in total. The average Bonchev–Trinajstić information content (AvgIpc) is 2.58. The molecule has 4 rings (SSSR count). The van der Waals surface area contributed by atoms with Gasteiger partial charge >= 0.3 is 6.03 Å². The third-order valence-electron chi connectivity index (χ3n) is 4.62. The van der Waals surface area contributed by atoms with E-state index in [-0.39, 0.29) is 11.9 Å². The van der Waals surface area contributed by atoms with Crippen molar-refractivity contribution >= 4 is 40.6 Å². The highest BCUT2D eigenvalue weighted by Crippen LogP contribution is 2.37. The summed E-state index contributed by atoms with van der Waals surface area (Å²) in [7, 11) is 0. The van der Waals surface area contributed by atoms with Gasteiger partial charge in [-0.25, -0.2) is 4.79 Å². The van der Waals surface area contributed by atoms with Crippen LogP contribution in [0, 0.1) is 0 Å². The molecule has 0 bridgehead atoms. The average molecular weight is 356 g/mol. The Bertz CT molecular complexity index is 848. The van der Waals surface area contributed by atoms with Gasteiger partial charge in [0, 0.05) is 29.4 Å². The normalized spacial score (nSPS) is 15.6. The van der Waals surface area contributed by atoms with Gasteiger partial charge in [-0.3, -0.25) is 4.79 Å². The number of aryl methyl sites for hydroxylation is 2. The zero-order valence-electron chi connectivity index (χ0n) is 13.6. The van der Waals surface area contributed by atoms with Gasteiger partial charge in [0.2, 0.25) is 5.91 Å². The molecule has 2 aromatic rings. The number of amides is 3. The Hall–Kier alpha value is -2.53. The number of hydrogen-bond donors (Lipinski definition) is 2. The number of carbonyl (C=O) groups excluding carboxylic acids is 2. The summed E-state index contributed by atoms with van der Waals surface area (Å²) < 4.78 is 0. The number of halogens is 1. The van der Waals surface area contributed by atoms with Crippen molar-refractivity contribution in [2.45, 2.75) is 25.7 Å². The molecule has 0 saturated heterocycles. The number of rotatable bonds is 2. The molecule has 2 aliphatic heterocycles. The number of benzene rings is 2. The van der Waals surface area contributed by atoms with Crippen molar-refractivity contribution in [3.8, 4) is 0 Å². The second kappa shape index (κ2) is 6.41. The van der Waals surface area contributed by atoms with Crippen molar-refractivity contribution < 1.29 is 9.59 Å². The second-order valence-electron chi connectivity index (χ2n) is 6.38. The maximum Gasteiger partial charge on any atom is 0.323 e. The predicted molar refractivity (Wildman–Crippen MR) is 99.5 cm³/mol. The molecule has 2 N–H and O–H groups in total. The van der Waals surface area contributed by atoms with Gasteiger partial charge < -0.3 is 15.5 Å². The fraction of sp³-hybridized carbons (Fsp3) is 0.263. The van der Waals surface area contributed by atoms with E-state index in [9.17, 15) is 9.59 Å². The van der Waals surface area contributed by atoms with Crippen molar-refractivity contribution in [1.29, 1.82) is 0 Å². The maximum atomic E-state index is 12.3. The fourth-order valence-electron chi connectivity index (χ4n) is 3.59. The van der Waals surface area contributed by atoms with Gasteiger partial charge in [-0.15, -0.1) is 0 Å². The molecule has 0 aliphatic carbocycles. The molecule has 0 atom stereocenters. The number of anilines is 3. The molecule has 0 saturated carbocycles. The number of hydrogen-bond acceptors (Lipinski definition) is 2. The summed E-state index contributed by atoms with van der Waals surface area (Å²) in [6.07, 6.45) is 3.14. The lowest BCUT2D eigenvalue weighted by molar-refractivity contribution is -0.119. The van der Waals surface area contributed by atoms with E-state index < -0.39 is 0 Å². The van der Waals surface area contributed by atoms with Crippen molar-refractivity contribution in [3.63, 3.8) is 0 Å². The minimum Gasteiger partial charge on any atom is -0.312 e. The van der Waals surface area contributed by atoms with Crippen LogP contribution in [0.3, 0.4) is 0 Å². The van der Waals surface area contributed by atoms with E-state index in [2.05, 4.69) is 10.6 Å². The van der Waals surface area contributed by atoms with Crippen molar-refractivity contribution in [1.82, 2.24) is 0 Å². The lowest BCUT2D eigenvalue weighted by atomic mass is 9.91. The van der Waals surface area contributed by atoms with Crippen molar-refractivity contribution in [2.75, 3.05) is 22.1 Å². The van der Waals surface area contributed by atoms with Crippen molar-refractivity contribution in [2.24, 2.45) is 0 Å². The highest BCUT2D eigenvalue weighted by Gasteiger charge is 2.29. The first-order chi connectivity index (χ1) is 12.1. The molecule has 2 heterocycles. The van der Waals surface area contributed by atoms with Crippen LogP contribution in [0.4, 0.5) is 21.9 Å². The van der Waals surface area contributed by atoms with Gasteiger partial charge in [-0.05, 0) is 60.7 Å². The highest BCUT2D eigenvalue weighted by molar-refractivity contribution is 6.30. The van der Waals surface area contributed by atoms with E-state index in [1.807, 2.05) is 17.0 Å². The van der Waals surface area contributed by atoms with E-state index >= 15 is 0 Å². The van der Waals surface area contributed by atoms with E-state index in [4.69, 9.17) is 11.6 Å². The lowest BCUT2D eigenvalue weighted by Crippen LogP contribution is -2.39. The minimum absolute atomic E-state index is 0.202. The van der Waals surface area contributed by atoms with E-state index in [1.165, 1.54) is 0 Å². The van der Waals surface area contributed by atoms with Crippen LogP contribution in [0.2, 0.25) is 5.02 Å². The van der Waals surface area contributed by atoms with Gasteiger partial charge in [0.15, 0.2) is 0 Å². The Morgan fingerprint density at radius 1 is 1.00 bits per heavy atom. The quantitative estimate of drug-likeness (QED) is 0.847. The largest absolute Gasteiger partial charge is 0.323 e. The summed E-state index contributed by atoms with van der Waals surface area (Å²) >= 11 is 5.94. The topological polar surface area (TPSA) is 61.4 Å². The number of carbonyl (C=O) groups is 2. The molecule has 25 heavy (non-hydrogen) atoms. The molecular weight excluding hydrogens is 338 g/mol. The zero-order valence-corrected chi connectivity index (χ0v) is 14.4. The predicted octanol–water partition coefficient (Wildman–Crippen LogP) is 4.21. The second-order valence-corrected chi connectivity index (χ2v) is 6.82. The highest BCUT2D eigenvalue weighted by atomic mass is 35.5. The summed E-state index contributed by atoms with van der Waals surface area (Å²) in [5, 5.41) is 6.24. The third kappa shape index (κ3) is 3.20. The third-order valence-corrected chi connectivity index (χ3v) is 4.85.